The normalized spacial score (nSPS) is 19.1. The molecule has 2 atom stereocenters. The summed E-state index contributed by atoms with van der Waals surface area (Å²) < 4.78 is 0. The molecular formula is C23H25N2OS+. The van der Waals surface area contributed by atoms with E-state index in [0.29, 0.717) is 0 Å². The van der Waals surface area contributed by atoms with Crippen molar-refractivity contribution in [3.05, 3.63) is 82.0 Å². The van der Waals surface area contributed by atoms with Gasteiger partial charge >= 0.3 is 0 Å². The zero-order valence-corrected chi connectivity index (χ0v) is 16.4. The molecule has 27 heavy (non-hydrogen) atoms. The van der Waals surface area contributed by atoms with Crippen LogP contribution in [-0.2, 0) is 6.54 Å². The van der Waals surface area contributed by atoms with Gasteiger partial charge in [0.2, 0.25) is 0 Å². The number of aryl methyl sites for hydroxylation is 1. The molecule has 1 saturated heterocycles. The minimum absolute atomic E-state index is 0.0616. The molecule has 4 heteroatoms. The summed E-state index contributed by atoms with van der Waals surface area (Å²) in [7, 11) is 0. The van der Waals surface area contributed by atoms with Crippen molar-refractivity contribution in [2.75, 3.05) is 13.1 Å². The van der Waals surface area contributed by atoms with Gasteiger partial charge in [-0.2, -0.15) is 0 Å². The van der Waals surface area contributed by atoms with Crippen LogP contribution < -0.4 is 10.2 Å². The summed E-state index contributed by atoms with van der Waals surface area (Å²) in [5.41, 5.74) is 4.73. The summed E-state index contributed by atoms with van der Waals surface area (Å²) in [4.78, 5) is 15.2. The standard InChI is InChI=1S/C23H24N2OS/c1-17-7-9-19(10-8-17)21-12-14-27-22(21)23(26)24-20-11-13-25(16-20)15-18-5-3-2-4-6-18/h2-10,12,14,20H,11,13,15-16H2,1H3,(H,24,26)/p+1/t20-/m0/s1. The van der Waals surface area contributed by atoms with E-state index in [1.807, 2.05) is 11.4 Å². The molecule has 1 aromatic heterocycles. The topological polar surface area (TPSA) is 33.5 Å². The Labute approximate surface area is 164 Å². The Morgan fingerprint density at radius 2 is 1.89 bits per heavy atom. The van der Waals surface area contributed by atoms with Gasteiger partial charge in [-0.1, -0.05) is 60.2 Å². The Morgan fingerprint density at radius 3 is 2.67 bits per heavy atom. The molecular weight excluding hydrogens is 352 g/mol. The second-order valence-electron chi connectivity index (χ2n) is 7.35. The van der Waals surface area contributed by atoms with Crippen LogP contribution in [-0.4, -0.2) is 25.0 Å². The number of quaternary nitrogens is 1. The second kappa shape index (κ2) is 8.07. The number of benzene rings is 2. The molecule has 4 rings (SSSR count). The molecule has 1 fully saturated rings. The van der Waals surface area contributed by atoms with Gasteiger partial charge in [0.1, 0.15) is 6.54 Å². The van der Waals surface area contributed by atoms with Gasteiger partial charge in [0, 0.05) is 17.5 Å². The van der Waals surface area contributed by atoms with Crippen LogP contribution >= 0.6 is 11.3 Å². The quantitative estimate of drug-likeness (QED) is 0.703. The zero-order valence-electron chi connectivity index (χ0n) is 15.6. The molecule has 0 radical (unpaired) electrons. The van der Waals surface area contributed by atoms with Crippen LogP contribution in [0.25, 0.3) is 11.1 Å². The van der Waals surface area contributed by atoms with Gasteiger partial charge in [-0.25, -0.2) is 0 Å². The largest absolute Gasteiger partial charge is 0.343 e. The van der Waals surface area contributed by atoms with Gasteiger partial charge in [0.05, 0.1) is 24.0 Å². The number of hydrogen-bond acceptors (Lipinski definition) is 2. The van der Waals surface area contributed by atoms with Crippen LogP contribution in [0.3, 0.4) is 0 Å². The van der Waals surface area contributed by atoms with Crippen LogP contribution in [0.2, 0.25) is 0 Å². The first-order valence-corrected chi connectivity index (χ1v) is 10.4. The van der Waals surface area contributed by atoms with Gasteiger partial charge in [0.25, 0.3) is 5.91 Å². The van der Waals surface area contributed by atoms with Crippen LogP contribution in [0.15, 0.2) is 66.0 Å². The lowest BCUT2D eigenvalue weighted by atomic mass is 10.0. The molecule has 0 spiro atoms. The Hall–Kier alpha value is -2.43. The number of nitrogens with one attached hydrogen (secondary N) is 2. The van der Waals surface area contributed by atoms with E-state index in [1.165, 1.54) is 27.4 Å². The second-order valence-corrected chi connectivity index (χ2v) is 8.27. The molecule has 0 saturated carbocycles. The van der Waals surface area contributed by atoms with Gasteiger partial charge in [0.15, 0.2) is 0 Å². The number of rotatable bonds is 5. The molecule has 2 aromatic carbocycles. The fourth-order valence-electron chi connectivity index (χ4n) is 3.80. The first-order chi connectivity index (χ1) is 13.2. The maximum atomic E-state index is 12.9. The molecule has 1 amide bonds. The number of thiophene rings is 1. The SMILES string of the molecule is Cc1ccc(-c2ccsc2C(=O)N[C@H]2CC[NH+](Cc3ccccc3)C2)cc1. The lowest BCUT2D eigenvalue weighted by Crippen LogP contribution is -3.09. The van der Waals surface area contributed by atoms with Gasteiger partial charge < -0.3 is 10.2 Å². The molecule has 0 aliphatic carbocycles. The van der Waals surface area contributed by atoms with Crippen molar-refractivity contribution in [3.63, 3.8) is 0 Å². The van der Waals surface area contributed by atoms with Crippen molar-refractivity contribution in [2.45, 2.75) is 25.9 Å². The van der Waals surface area contributed by atoms with E-state index in [-0.39, 0.29) is 11.9 Å². The van der Waals surface area contributed by atoms with E-state index in [4.69, 9.17) is 0 Å². The van der Waals surface area contributed by atoms with E-state index < -0.39 is 0 Å². The van der Waals surface area contributed by atoms with E-state index in [0.717, 1.165) is 42.1 Å². The molecule has 1 unspecified atom stereocenters. The third kappa shape index (κ3) is 4.29. The Bertz CT molecular complexity index is 902. The molecule has 3 nitrogen and oxygen atoms in total. The summed E-state index contributed by atoms with van der Waals surface area (Å²) >= 11 is 1.52. The fraction of sp³-hybridized carbons (Fsp3) is 0.261. The average Bonchev–Trinajstić information content (AvgIpc) is 3.33. The molecule has 2 N–H and O–H groups in total. The predicted octanol–water partition coefficient (Wildman–Crippen LogP) is 3.31. The van der Waals surface area contributed by atoms with Crippen LogP contribution in [0, 0.1) is 6.92 Å². The van der Waals surface area contributed by atoms with E-state index >= 15 is 0 Å². The fourth-order valence-corrected chi connectivity index (χ4v) is 4.61. The van der Waals surface area contributed by atoms with E-state index in [2.05, 4.69) is 66.8 Å². The highest BCUT2D eigenvalue weighted by Gasteiger charge is 2.28. The van der Waals surface area contributed by atoms with Gasteiger partial charge in [-0.05, 0) is 23.9 Å². The highest BCUT2D eigenvalue weighted by Crippen LogP contribution is 2.28. The van der Waals surface area contributed by atoms with Crippen LogP contribution in [0.4, 0.5) is 0 Å². The average molecular weight is 378 g/mol. The maximum Gasteiger partial charge on any atom is 0.262 e. The third-order valence-electron chi connectivity index (χ3n) is 5.25. The first-order valence-electron chi connectivity index (χ1n) is 9.52. The Morgan fingerprint density at radius 1 is 1.11 bits per heavy atom. The molecule has 0 bridgehead atoms. The summed E-state index contributed by atoms with van der Waals surface area (Å²) in [5, 5.41) is 5.27. The summed E-state index contributed by atoms with van der Waals surface area (Å²) in [5.74, 6) is 0.0616. The minimum atomic E-state index is 0.0616. The number of likely N-dealkylation sites (tertiary alicyclic amines) is 1. The predicted molar refractivity (Wildman–Crippen MR) is 111 cm³/mol. The summed E-state index contributed by atoms with van der Waals surface area (Å²) in [6.07, 6.45) is 1.04. The molecule has 1 aliphatic rings. The van der Waals surface area contributed by atoms with Crippen molar-refractivity contribution in [3.8, 4) is 11.1 Å². The number of hydrogen-bond donors (Lipinski definition) is 2. The first kappa shape index (κ1) is 18.0. The summed E-state index contributed by atoms with van der Waals surface area (Å²) in [6, 6.07) is 21.3. The van der Waals surface area contributed by atoms with Gasteiger partial charge in [-0.3, -0.25) is 4.79 Å². The lowest BCUT2D eigenvalue weighted by molar-refractivity contribution is -0.901. The van der Waals surface area contributed by atoms with Crippen molar-refractivity contribution in [1.82, 2.24) is 5.32 Å². The van der Waals surface area contributed by atoms with E-state index in [9.17, 15) is 4.79 Å². The van der Waals surface area contributed by atoms with E-state index in [1.54, 1.807) is 0 Å². The number of carbonyl (C=O) groups excluding carboxylic acids is 1. The smallest absolute Gasteiger partial charge is 0.262 e. The van der Waals surface area contributed by atoms with Crippen LogP contribution in [0.5, 0.6) is 0 Å². The lowest BCUT2D eigenvalue weighted by Gasteiger charge is -2.14. The Kier molecular flexibility index (Phi) is 5.37. The highest BCUT2D eigenvalue weighted by atomic mass is 32.1. The minimum Gasteiger partial charge on any atom is -0.343 e. The maximum absolute atomic E-state index is 12.9. The van der Waals surface area contributed by atoms with Crippen LogP contribution in [0.1, 0.15) is 27.2 Å². The molecule has 2 heterocycles. The van der Waals surface area contributed by atoms with Crippen molar-refractivity contribution in [1.29, 1.82) is 0 Å². The van der Waals surface area contributed by atoms with Crippen molar-refractivity contribution >= 4 is 17.2 Å². The van der Waals surface area contributed by atoms with Crippen molar-refractivity contribution in [2.24, 2.45) is 0 Å². The van der Waals surface area contributed by atoms with Crippen molar-refractivity contribution < 1.29 is 9.69 Å². The van der Waals surface area contributed by atoms with Gasteiger partial charge in [-0.15, -0.1) is 11.3 Å². The Balaban J connectivity index is 1.39. The zero-order chi connectivity index (χ0) is 18.6. The number of amides is 1. The monoisotopic (exact) mass is 377 g/mol. The molecule has 1 aliphatic heterocycles. The molecule has 3 aromatic rings. The summed E-state index contributed by atoms with van der Waals surface area (Å²) in [6.45, 7) is 5.20. The molecule has 138 valence electrons. The third-order valence-corrected chi connectivity index (χ3v) is 6.16. The number of carbonyl (C=O) groups is 1. The highest BCUT2D eigenvalue weighted by molar-refractivity contribution is 7.12.